The molecule has 1 heterocycles. The molecule has 0 amide bonds. The molecule has 106 valence electrons. The van der Waals surface area contributed by atoms with Crippen LogP contribution in [0.1, 0.15) is 21.6 Å². The van der Waals surface area contributed by atoms with Crippen LogP contribution in [-0.2, 0) is 12.7 Å². The molecule has 0 saturated carbocycles. The summed E-state index contributed by atoms with van der Waals surface area (Å²) in [6, 6.07) is 5.75. The summed E-state index contributed by atoms with van der Waals surface area (Å²) in [7, 11) is 0. The number of carbonyl (C=O) groups is 1. The summed E-state index contributed by atoms with van der Waals surface area (Å²) in [6.45, 7) is 0.0652. The number of halogens is 4. The maximum Gasteiger partial charge on any atom is 0.436 e. The number of benzene rings is 1. The van der Waals surface area contributed by atoms with Gasteiger partial charge >= 0.3 is 12.1 Å². The first-order valence-electron chi connectivity index (χ1n) is 5.40. The minimum absolute atomic E-state index is 0.0652. The molecule has 1 aromatic carbocycles. The maximum absolute atomic E-state index is 12.5. The van der Waals surface area contributed by atoms with Crippen molar-refractivity contribution in [2.45, 2.75) is 12.7 Å². The first kappa shape index (κ1) is 14.4. The van der Waals surface area contributed by atoms with E-state index in [1.807, 2.05) is 0 Å². The zero-order chi connectivity index (χ0) is 14.9. The van der Waals surface area contributed by atoms with Crippen molar-refractivity contribution in [2.24, 2.45) is 0 Å². The molecule has 0 unspecified atom stereocenters. The van der Waals surface area contributed by atoms with Gasteiger partial charge < -0.3 is 5.11 Å². The van der Waals surface area contributed by atoms with Crippen molar-refractivity contribution >= 4 is 17.6 Å². The monoisotopic (exact) mass is 304 g/mol. The number of aromatic carboxylic acids is 1. The lowest BCUT2D eigenvalue weighted by atomic mass is 10.1. The lowest BCUT2D eigenvalue weighted by Crippen LogP contribution is -2.09. The average molecular weight is 305 g/mol. The number of carboxylic acid groups (broad SMARTS) is 1. The summed E-state index contributed by atoms with van der Waals surface area (Å²) in [4.78, 5) is 10.7. The van der Waals surface area contributed by atoms with Crippen molar-refractivity contribution in [3.05, 3.63) is 52.3 Å². The molecule has 0 radical (unpaired) electrons. The number of hydrogen-bond acceptors (Lipinski definition) is 2. The summed E-state index contributed by atoms with van der Waals surface area (Å²) in [5.41, 5.74) is -0.424. The van der Waals surface area contributed by atoms with Gasteiger partial charge in [-0.1, -0.05) is 23.7 Å². The third-order valence-electron chi connectivity index (χ3n) is 2.53. The summed E-state index contributed by atoms with van der Waals surface area (Å²) >= 11 is 5.48. The van der Waals surface area contributed by atoms with Crippen LogP contribution in [0.4, 0.5) is 13.2 Å². The molecular weight excluding hydrogens is 297 g/mol. The Balaban J connectivity index is 2.20. The summed E-state index contributed by atoms with van der Waals surface area (Å²) in [5, 5.41) is 11.6. The molecule has 0 aliphatic rings. The van der Waals surface area contributed by atoms with Crippen molar-refractivity contribution in [1.82, 2.24) is 9.78 Å². The highest BCUT2D eigenvalue weighted by Crippen LogP contribution is 2.33. The van der Waals surface area contributed by atoms with Gasteiger partial charge in [-0.2, -0.15) is 18.3 Å². The minimum atomic E-state index is -4.60. The molecule has 0 fully saturated rings. The topological polar surface area (TPSA) is 55.1 Å². The highest BCUT2D eigenvalue weighted by atomic mass is 35.5. The van der Waals surface area contributed by atoms with Crippen molar-refractivity contribution in [3.8, 4) is 0 Å². The van der Waals surface area contributed by atoms with E-state index in [1.165, 1.54) is 24.3 Å². The fourth-order valence-electron chi connectivity index (χ4n) is 1.61. The molecular formula is C12H8ClF3N2O2. The Morgan fingerprint density at radius 3 is 2.35 bits per heavy atom. The summed E-state index contributed by atoms with van der Waals surface area (Å²) < 4.78 is 38.6. The number of carboxylic acids is 1. The quantitative estimate of drug-likeness (QED) is 0.946. The van der Waals surface area contributed by atoms with Crippen LogP contribution in [0.3, 0.4) is 0 Å². The molecule has 2 rings (SSSR count). The van der Waals surface area contributed by atoms with E-state index in [0.717, 1.165) is 10.9 Å². The van der Waals surface area contributed by atoms with Crippen molar-refractivity contribution in [1.29, 1.82) is 0 Å². The average Bonchev–Trinajstić information content (AvgIpc) is 2.70. The fourth-order valence-corrected chi connectivity index (χ4v) is 1.87. The third-order valence-corrected chi connectivity index (χ3v) is 2.81. The SMILES string of the molecule is O=C(O)c1ccc(Cn2cc(Cl)c(C(F)(F)F)n2)cc1. The van der Waals surface area contributed by atoms with Gasteiger partial charge in [0.25, 0.3) is 0 Å². The normalized spacial score (nSPS) is 11.6. The van der Waals surface area contributed by atoms with Gasteiger partial charge in [0.2, 0.25) is 0 Å². The molecule has 1 N–H and O–H groups in total. The Kier molecular flexibility index (Phi) is 3.71. The first-order valence-corrected chi connectivity index (χ1v) is 5.77. The predicted octanol–water partition coefficient (Wildman–Crippen LogP) is 3.30. The largest absolute Gasteiger partial charge is 0.478 e. The second-order valence-corrected chi connectivity index (χ2v) is 4.43. The molecule has 8 heteroatoms. The lowest BCUT2D eigenvalue weighted by Gasteiger charge is -2.04. The van der Waals surface area contributed by atoms with Gasteiger partial charge in [-0.05, 0) is 17.7 Å². The van der Waals surface area contributed by atoms with E-state index in [0.29, 0.717) is 5.56 Å². The van der Waals surface area contributed by atoms with Gasteiger partial charge in [-0.25, -0.2) is 4.79 Å². The molecule has 2 aromatic rings. The third kappa shape index (κ3) is 3.11. The molecule has 20 heavy (non-hydrogen) atoms. The van der Waals surface area contributed by atoms with E-state index in [9.17, 15) is 18.0 Å². The van der Waals surface area contributed by atoms with Crippen LogP contribution >= 0.6 is 11.6 Å². The molecule has 0 spiro atoms. The van der Waals surface area contributed by atoms with Gasteiger partial charge in [0.05, 0.1) is 17.1 Å². The summed E-state index contributed by atoms with van der Waals surface area (Å²) in [5.74, 6) is -1.07. The zero-order valence-corrected chi connectivity index (χ0v) is 10.6. The predicted molar refractivity (Wildman–Crippen MR) is 64.7 cm³/mol. The van der Waals surface area contributed by atoms with Crippen LogP contribution in [0.15, 0.2) is 30.5 Å². The van der Waals surface area contributed by atoms with E-state index in [1.54, 1.807) is 0 Å². The number of aromatic nitrogens is 2. The van der Waals surface area contributed by atoms with Crippen molar-refractivity contribution in [2.75, 3.05) is 0 Å². The number of nitrogens with zero attached hydrogens (tertiary/aromatic N) is 2. The highest BCUT2D eigenvalue weighted by molar-refractivity contribution is 6.31. The van der Waals surface area contributed by atoms with Crippen LogP contribution < -0.4 is 0 Å². The molecule has 4 nitrogen and oxygen atoms in total. The smallest absolute Gasteiger partial charge is 0.436 e. The summed E-state index contributed by atoms with van der Waals surface area (Å²) in [6.07, 6.45) is -3.52. The van der Waals surface area contributed by atoms with Crippen LogP contribution in [0.2, 0.25) is 5.02 Å². The van der Waals surface area contributed by atoms with Crippen molar-refractivity contribution < 1.29 is 23.1 Å². The standard InChI is InChI=1S/C12H8ClF3N2O2/c13-9-6-18(17-10(9)12(14,15)16)5-7-1-3-8(4-2-7)11(19)20/h1-4,6H,5H2,(H,19,20). The maximum atomic E-state index is 12.5. The van der Waals surface area contributed by atoms with Crippen LogP contribution in [0.5, 0.6) is 0 Å². The van der Waals surface area contributed by atoms with E-state index in [2.05, 4.69) is 5.10 Å². The van der Waals surface area contributed by atoms with E-state index < -0.39 is 22.9 Å². The second-order valence-electron chi connectivity index (χ2n) is 4.02. The Hall–Kier alpha value is -2.02. The van der Waals surface area contributed by atoms with Crippen molar-refractivity contribution in [3.63, 3.8) is 0 Å². The molecule has 0 bridgehead atoms. The second kappa shape index (κ2) is 5.16. The van der Waals surface area contributed by atoms with Gasteiger partial charge in [-0.3, -0.25) is 4.68 Å². The number of hydrogen-bond donors (Lipinski definition) is 1. The Labute approximate surface area is 116 Å². The Bertz CT molecular complexity index is 635. The molecule has 0 aliphatic heterocycles. The van der Waals surface area contributed by atoms with Crippen LogP contribution in [-0.4, -0.2) is 20.9 Å². The van der Waals surface area contributed by atoms with E-state index >= 15 is 0 Å². The van der Waals surface area contributed by atoms with Gasteiger partial charge in [-0.15, -0.1) is 0 Å². The van der Waals surface area contributed by atoms with E-state index in [-0.39, 0.29) is 12.1 Å². The van der Waals surface area contributed by atoms with Crippen LogP contribution in [0, 0.1) is 0 Å². The number of rotatable bonds is 3. The minimum Gasteiger partial charge on any atom is -0.478 e. The molecule has 0 aliphatic carbocycles. The Morgan fingerprint density at radius 2 is 1.90 bits per heavy atom. The molecule has 0 atom stereocenters. The van der Waals surface area contributed by atoms with Gasteiger partial charge in [0.15, 0.2) is 5.69 Å². The highest BCUT2D eigenvalue weighted by Gasteiger charge is 2.36. The Morgan fingerprint density at radius 1 is 1.30 bits per heavy atom. The molecule has 0 saturated heterocycles. The lowest BCUT2D eigenvalue weighted by molar-refractivity contribution is -0.141. The van der Waals surface area contributed by atoms with Gasteiger partial charge in [0.1, 0.15) is 0 Å². The fraction of sp³-hybridized carbons (Fsp3) is 0.167. The van der Waals surface area contributed by atoms with Crippen LogP contribution in [0.25, 0.3) is 0 Å². The zero-order valence-electron chi connectivity index (χ0n) is 9.86. The number of alkyl halides is 3. The molecule has 1 aromatic heterocycles. The van der Waals surface area contributed by atoms with E-state index in [4.69, 9.17) is 16.7 Å². The van der Waals surface area contributed by atoms with Gasteiger partial charge in [0, 0.05) is 6.20 Å². The first-order chi connectivity index (χ1) is 9.27.